The van der Waals surface area contributed by atoms with E-state index in [9.17, 15) is 4.79 Å². The maximum Gasteiger partial charge on any atom is 0.220 e. The summed E-state index contributed by atoms with van der Waals surface area (Å²) < 4.78 is 0. The van der Waals surface area contributed by atoms with E-state index >= 15 is 0 Å². The summed E-state index contributed by atoms with van der Waals surface area (Å²) in [6.07, 6.45) is 9.13. The average Bonchev–Trinajstić information content (AvgIpc) is 3.00. The molecule has 1 aliphatic heterocycles. The molecule has 0 spiro atoms. The largest absolute Gasteiger partial charge is 0.385 e. The number of carbonyl (C=O) groups is 1. The first kappa shape index (κ1) is 14.4. The van der Waals surface area contributed by atoms with Crippen LogP contribution in [0.1, 0.15) is 49.7 Å². The van der Waals surface area contributed by atoms with Crippen molar-refractivity contribution in [2.75, 3.05) is 18.4 Å². The van der Waals surface area contributed by atoms with Crippen molar-refractivity contribution in [3.05, 3.63) is 29.3 Å². The van der Waals surface area contributed by atoms with Gasteiger partial charge in [0.1, 0.15) is 0 Å². The predicted molar refractivity (Wildman–Crippen MR) is 86.5 cm³/mol. The molecule has 1 amide bonds. The Hall–Kier alpha value is -1.51. The van der Waals surface area contributed by atoms with Gasteiger partial charge in [-0.3, -0.25) is 4.79 Å². The number of benzene rings is 1. The van der Waals surface area contributed by atoms with E-state index in [1.807, 2.05) is 0 Å². The zero-order chi connectivity index (χ0) is 14.5. The average molecular weight is 286 g/mol. The highest BCUT2D eigenvalue weighted by Crippen LogP contribution is 2.28. The molecule has 3 heteroatoms. The maximum absolute atomic E-state index is 12.0. The standard InChI is InChI=1S/C18H26N2O/c21-17(13-14-5-1-2-6-14)19-12-10-16-8-3-7-15-9-4-11-20-18(15)16/h3,7-8,14,20H,1-2,4-6,9-13H2,(H,19,21). The molecule has 1 aromatic carbocycles. The molecule has 1 aliphatic carbocycles. The van der Waals surface area contributed by atoms with Crippen molar-refractivity contribution in [2.24, 2.45) is 5.92 Å². The van der Waals surface area contributed by atoms with Gasteiger partial charge < -0.3 is 10.6 Å². The lowest BCUT2D eigenvalue weighted by Gasteiger charge is -2.21. The van der Waals surface area contributed by atoms with Crippen molar-refractivity contribution in [3.63, 3.8) is 0 Å². The predicted octanol–water partition coefficient (Wildman–Crippen LogP) is 3.28. The molecule has 0 aromatic heterocycles. The van der Waals surface area contributed by atoms with E-state index in [2.05, 4.69) is 28.8 Å². The Morgan fingerprint density at radius 2 is 2.10 bits per heavy atom. The monoisotopic (exact) mass is 286 g/mol. The summed E-state index contributed by atoms with van der Waals surface area (Å²) in [4.78, 5) is 12.0. The third-order valence-corrected chi connectivity index (χ3v) is 4.83. The van der Waals surface area contributed by atoms with E-state index < -0.39 is 0 Å². The van der Waals surface area contributed by atoms with Crippen LogP contribution >= 0.6 is 0 Å². The maximum atomic E-state index is 12.0. The lowest BCUT2D eigenvalue weighted by Crippen LogP contribution is -2.27. The molecule has 0 radical (unpaired) electrons. The van der Waals surface area contributed by atoms with Crippen LogP contribution in [-0.2, 0) is 17.6 Å². The Bertz CT molecular complexity index is 492. The van der Waals surface area contributed by atoms with Crippen LogP contribution in [0.15, 0.2) is 18.2 Å². The quantitative estimate of drug-likeness (QED) is 0.872. The van der Waals surface area contributed by atoms with Gasteiger partial charge in [0.15, 0.2) is 0 Å². The third kappa shape index (κ3) is 3.78. The molecule has 114 valence electrons. The molecular formula is C18H26N2O. The fourth-order valence-corrected chi connectivity index (χ4v) is 3.67. The first-order valence-electron chi connectivity index (χ1n) is 8.44. The van der Waals surface area contributed by atoms with Gasteiger partial charge in [-0.2, -0.15) is 0 Å². The third-order valence-electron chi connectivity index (χ3n) is 4.83. The SMILES string of the molecule is O=C(CC1CCCC1)NCCc1cccc2c1NCCC2. The smallest absolute Gasteiger partial charge is 0.220 e. The van der Waals surface area contributed by atoms with E-state index in [-0.39, 0.29) is 5.91 Å². The Balaban J connectivity index is 1.48. The summed E-state index contributed by atoms with van der Waals surface area (Å²) in [7, 11) is 0. The van der Waals surface area contributed by atoms with Crippen LogP contribution in [0.5, 0.6) is 0 Å². The zero-order valence-corrected chi connectivity index (χ0v) is 12.8. The fourth-order valence-electron chi connectivity index (χ4n) is 3.67. The summed E-state index contributed by atoms with van der Waals surface area (Å²) in [6.45, 7) is 1.82. The fraction of sp³-hybridized carbons (Fsp3) is 0.611. The van der Waals surface area contributed by atoms with Crippen LogP contribution in [0, 0.1) is 5.92 Å². The number of hydrogen-bond donors (Lipinski definition) is 2. The summed E-state index contributed by atoms with van der Waals surface area (Å²) in [5.41, 5.74) is 4.08. The Kier molecular flexibility index (Phi) is 4.79. The van der Waals surface area contributed by atoms with Gasteiger partial charge >= 0.3 is 0 Å². The van der Waals surface area contributed by atoms with Crippen LogP contribution in [0.2, 0.25) is 0 Å². The van der Waals surface area contributed by atoms with Gasteiger partial charge in [0.25, 0.3) is 0 Å². The van der Waals surface area contributed by atoms with E-state index in [0.717, 1.165) is 25.9 Å². The van der Waals surface area contributed by atoms with E-state index in [1.54, 1.807) is 0 Å². The molecule has 1 heterocycles. The number of carbonyl (C=O) groups excluding carboxylic acids is 1. The van der Waals surface area contributed by atoms with Crippen molar-refractivity contribution in [3.8, 4) is 0 Å². The molecule has 1 fully saturated rings. The lowest BCUT2D eigenvalue weighted by molar-refractivity contribution is -0.121. The number of para-hydroxylation sites is 1. The number of nitrogens with one attached hydrogen (secondary N) is 2. The summed E-state index contributed by atoms with van der Waals surface area (Å²) in [5.74, 6) is 0.871. The van der Waals surface area contributed by atoms with Gasteiger partial charge in [0, 0.05) is 25.2 Å². The topological polar surface area (TPSA) is 41.1 Å². The van der Waals surface area contributed by atoms with Gasteiger partial charge in [-0.15, -0.1) is 0 Å². The lowest BCUT2D eigenvalue weighted by atomic mass is 9.98. The van der Waals surface area contributed by atoms with Gasteiger partial charge in [0.05, 0.1) is 0 Å². The molecule has 1 saturated carbocycles. The second kappa shape index (κ2) is 6.97. The van der Waals surface area contributed by atoms with Crippen molar-refractivity contribution in [1.82, 2.24) is 5.32 Å². The molecule has 1 aromatic rings. The number of rotatable bonds is 5. The molecule has 3 nitrogen and oxygen atoms in total. The van der Waals surface area contributed by atoms with Gasteiger partial charge in [-0.05, 0) is 49.1 Å². The first-order valence-corrected chi connectivity index (χ1v) is 8.44. The molecular weight excluding hydrogens is 260 g/mol. The number of amides is 1. The number of anilines is 1. The molecule has 3 rings (SSSR count). The van der Waals surface area contributed by atoms with Gasteiger partial charge in [-0.25, -0.2) is 0 Å². The van der Waals surface area contributed by atoms with Crippen LogP contribution in [0.4, 0.5) is 5.69 Å². The van der Waals surface area contributed by atoms with E-state index in [1.165, 1.54) is 55.3 Å². The molecule has 2 aliphatic rings. The molecule has 0 saturated heterocycles. The second-order valence-electron chi connectivity index (χ2n) is 6.44. The minimum atomic E-state index is 0.236. The molecule has 0 atom stereocenters. The van der Waals surface area contributed by atoms with Gasteiger partial charge in [-0.1, -0.05) is 31.0 Å². The molecule has 2 N–H and O–H groups in total. The van der Waals surface area contributed by atoms with Crippen LogP contribution in [0.3, 0.4) is 0 Å². The van der Waals surface area contributed by atoms with Crippen LogP contribution in [0.25, 0.3) is 0 Å². The highest BCUT2D eigenvalue weighted by molar-refractivity contribution is 5.76. The zero-order valence-electron chi connectivity index (χ0n) is 12.8. The van der Waals surface area contributed by atoms with Crippen molar-refractivity contribution >= 4 is 11.6 Å². The normalized spacial score (nSPS) is 18.1. The molecule has 0 bridgehead atoms. The van der Waals surface area contributed by atoms with Crippen LogP contribution < -0.4 is 10.6 Å². The summed E-state index contributed by atoms with van der Waals surface area (Å²) >= 11 is 0. The molecule has 0 unspecified atom stereocenters. The first-order chi connectivity index (χ1) is 10.3. The highest BCUT2D eigenvalue weighted by atomic mass is 16.1. The van der Waals surface area contributed by atoms with Crippen LogP contribution in [-0.4, -0.2) is 19.0 Å². The number of aryl methyl sites for hydroxylation is 1. The minimum Gasteiger partial charge on any atom is -0.385 e. The number of hydrogen-bond acceptors (Lipinski definition) is 2. The second-order valence-corrected chi connectivity index (χ2v) is 6.44. The van der Waals surface area contributed by atoms with Crippen molar-refractivity contribution < 1.29 is 4.79 Å². The van der Waals surface area contributed by atoms with Crippen molar-refractivity contribution in [1.29, 1.82) is 0 Å². The summed E-state index contributed by atoms with van der Waals surface area (Å²) in [6, 6.07) is 6.53. The Morgan fingerprint density at radius 1 is 1.24 bits per heavy atom. The van der Waals surface area contributed by atoms with Gasteiger partial charge in [0.2, 0.25) is 5.91 Å². The summed E-state index contributed by atoms with van der Waals surface area (Å²) in [5, 5.41) is 6.61. The van der Waals surface area contributed by atoms with E-state index in [4.69, 9.17) is 0 Å². The van der Waals surface area contributed by atoms with E-state index in [0.29, 0.717) is 5.92 Å². The Labute approximate surface area is 127 Å². The van der Waals surface area contributed by atoms with Crippen molar-refractivity contribution in [2.45, 2.75) is 51.4 Å². The highest BCUT2D eigenvalue weighted by Gasteiger charge is 2.18. The Morgan fingerprint density at radius 3 is 2.95 bits per heavy atom. The molecule has 21 heavy (non-hydrogen) atoms. The minimum absolute atomic E-state index is 0.236. The number of fused-ring (bicyclic) bond motifs is 1.